The number of carboxylic acid groups (broad SMARTS) is 1. The van der Waals surface area contributed by atoms with Crippen molar-refractivity contribution in [3.63, 3.8) is 0 Å². The van der Waals surface area contributed by atoms with Crippen LogP contribution in [0.3, 0.4) is 0 Å². The molecule has 1 aliphatic rings. The number of nitrogens with zero attached hydrogens (tertiary/aromatic N) is 2. The van der Waals surface area contributed by atoms with E-state index in [4.69, 9.17) is 11.5 Å². The fourth-order valence-corrected chi connectivity index (χ4v) is 7.83. The van der Waals surface area contributed by atoms with Crippen molar-refractivity contribution in [2.24, 2.45) is 16.5 Å². The first-order chi connectivity index (χ1) is 35.5. The molecule has 3 heterocycles. The lowest BCUT2D eigenvalue weighted by Gasteiger charge is -2.26. The third-order valence-electron chi connectivity index (χ3n) is 11.6. The van der Waals surface area contributed by atoms with Gasteiger partial charge in [-0.3, -0.25) is 43.3 Å². The van der Waals surface area contributed by atoms with Crippen LogP contribution in [0.4, 0.5) is 0 Å². The second kappa shape index (κ2) is 30.5. The van der Waals surface area contributed by atoms with Crippen molar-refractivity contribution < 1.29 is 48.3 Å². The van der Waals surface area contributed by atoms with Gasteiger partial charge in [-0.05, 0) is 49.3 Å². The number of aliphatic imine (C=N–C) groups is 1. The molecule has 24 heteroatoms. The molecule has 1 fully saturated rings. The third kappa shape index (κ3) is 20.1. The summed E-state index contributed by atoms with van der Waals surface area (Å²) in [5.41, 5.74) is 12.5. The molecular formula is C50H70N14O10. The topological polar surface area (TPSA) is 379 Å². The quantitative estimate of drug-likeness (QED) is 0.0533. The van der Waals surface area contributed by atoms with Crippen molar-refractivity contribution >= 4 is 70.1 Å². The number of nitrogens with two attached hydrogens (primary N) is 2. The highest BCUT2D eigenvalue weighted by atomic mass is 16.4. The number of carbonyl (C=O) groups is 9. The zero-order chi connectivity index (χ0) is 54.0. The van der Waals surface area contributed by atoms with Gasteiger partial charge in [0.1, 0.15) is 36.3 Å². The molecule has 0 aliphatic carbocycles. The van der Waals surface area contributed by atoms with E-state index in [0.29, 0.717) is 29.7 Å². The van der Waals surface area contributed by atoms with E-state index in [9.17, 15) is 48.3 Å². The van der Waals surface area contributed by atoms with E-state index in [1.54, 1.807) is 36.5 Å². The van der Waals surface area contributed by atoms with Crippen LogP contribution in [-0.2, 0) is 62.4 Å². The van der Waals surface area contributed by atoms with Crippen LogP contribution in [0.2, 0.25) is 0 Å². The Morgan fingerprint density at radius 3 is 2.14 bits per heavy atom. The maximum absolute atomic E-state index is 14.3. The number of para-hydroxylation sites is 1. The van der Waals surface area contributed by atoms with Gasteiger partial charge < -0.3 is 69.1 Å². The van der Waals surface area contributed by atoms with Gasteiger partial charge in [0.25, 0.3) is 0 Å². The predicted octanol–water partition coefficient (Wildman–Crippen LogP) is -0.401. The average molecular weight is 1030 g/mol. The van der Waals surface area contributed by atoms with Gasteiger partial charge in [0, 0.05) is 68.3 Å². The smallest absolute Gasteiger partial charge is 0.326 e. The molecule has 74 heavy (non-hydrogen) atoms. The number of aliphatic carboxylic acids is 1. The minimum atomic E-state index is -1.56. The molecule has 6 atom stereocenters. The number of benzene rings is 2. The average Bonchev–Trinajstić information content (AvgIpc) is 4.05. The predicted molar refractivity (Wildman–Crippen MR) is 274 cm³/mol. The van der Waals surface area contributed by atoms with E-state index in [1.165, 1.54) is 19.4 Å². The molecule has 1 saturated heterocycles. The maximum Gasteiger partial charge on any atom is 0.326 e. The number of amides is 8. The van der Waals surface area contributed by atoms with Crippen molar-refractivity contribution in [1.82, 2.24) is 57.5 Å². The zero-order valence-electron chi connectivity index (χ0n) is 42.0. The highest BCUT2D eigenvalue weighted by Crippen LogP contribution is 2.20. The Hall–Kier alpha value is -8.31. The first-order valence-corrected chi connectivity index (χ1v) is 24.6. The number of guanidine groups is 1. The summed E-state index contributed by atoms with van der Waals surface area (Å²) in [6.07, 6.45) is 6.52. The second-order valence-corrected chi connectivity index (χ2v) is 17.7. The second-order valence-electron chi connectivity index (χ2n) is 17.7. The van der Waals surface area contributed by atoms with Crippen LogP contribution in [0.1, 0.15) is 89.0 Å². The van der Waals surface area contributed by atoms with Gasteiger partial charge >= 0.3 is 5.97 Å². The summed E-state index contributed by atoms with van der Waals surface area (Å²) in [6.45, 7) is 5.28. The number of unbranched alkanes of at least 4 members (excludes halogenated alkanes) is 1. The molecule has 0 bridgehead atoms. The van der Waals surface area contributed by atoms with Gasteiger partial charge in [0.2, 0.25) is 47.3 Å². The lowest BCUT2D eigenvalue weighted by Crippen LogP contribution is -2.60. The minimum Gasteiger partial charge on any atom is -0.480 e. The molecule has 5 rings (SSSR count). The van der Waals surface area contributed by atoms with E-state index >= 15 is 0 Å². The number of imidazole rings is 1. The number of nitrogens with one attached hydrogen (secondary N) is 10. The number of carboxylic acids is 1. The zero-order valence-corrected chi connectivity index (χ0v) is 42.0. The molecule has 4 aromatic rings. The first kappa shape index (κ1) is 58.3. The highest BCUT2D eigenvalue weighted by molar-refractivity contribution is 5.98. The van der Waals surface area contributed by atoms with Crippen molar-refractivity contribution in [2.45, 2.75) is 128 Å². The largest absolute Gasteiger partial charge is 0.480 e. The van der Waals surface area contributed by atoms with Gasteiger partial charge in [0.15, 0.2) is 5.96 Å². The molecule has 0 saturated carbocycles. The molecule has 3 unspecified atom stereocenters. The molecule has 2 aromatic heterocycles. The van der Waals surface area contributed by atoms with Crippen molar-refractivity contribution in [3.8, 4) is 0 Å². The molecule has 2 aromatic carbocycles. The van der Waals surface area contributed by atoms with Gasteiger partial charge in [-0.15, -0.1) is 0 Å². The molecule has 24 nitrogen and oxygen atoms in total. The molecular weight excluding hydrogens is 957 g/mol. The van der Waals surface area contributed by atoms with Crippen LogP contribution in [0, 0.1) is 0 Å². The molecule has 400 valence electrons. The number of rotatable bonds is 15. The Bertz CT molecular complexity index is 2530. The van der Waals surface area contributed by atoms with Crippen LogP contribution in [0.15, 0.2) is 78.3 Å². The van der Waals surface area contributed by atoms with Crippen molar-refractivity contribution in [1.29, 1.82) is 0 Å². The van der Waals surface area contributed by atoms with Gasteiger partial charge in [-0.1, -0.05) is 75.2 Å². The van der Waals surface area contributed by atoms with Crippen LogP contribution in [-0.4, -0.2) is 135 Å². The molecule has 1 aliphatic heterocycles. The van der Waals surface area contributed by atoms with Crippen LogP contribution < -0.4 is 54.0 Å². The highest BCUT2D eigenvalue weighted by Gasteiger charge is 2.34. The third-order valence-corrected chi connectivity index (χ3v) is 11.6. The molecule has 15 N–H and O–H groups in total. The fourth-order valence-electron chi connectivity index (χ4n) is 7.83. The maximum atomic E-state index is 14.3. The number of aromatic nitrogens is 3. The standard InChI is InChI=1S/C46H59N11O10.C4H11N3/c1-3-4-15-33(52-27(2)58)42(62)57-38-22-39(59)48-18-11-10-17-34(46(66)67)54-43(63)36(20-29-23-49-32-16-9-8-14-31(29)32)53-40(60)25-50-41(61)35(19-28-12-6-5-7-13-28)55-44(64)37(56-45(38)65)21-30-24-47-26-51-30;1-2-3-7-4(5)6/h5-9,12-14,16,23-24,26,33-38,49H,3-4,10-11,15,17-22,25H2,1-2H3,(H,47,51)(H,48,59)(H,50,61)(H,52,58)(H,53,60)(H,54,63)(H,55,64)(H,56,65)(H,57,62)(H,66,67);2-3H2,1H3,(H4,5,6,7)/t33-,34?,35?,36-,37-,38?;/m0./s1. The summed E-state index contributed by atoms with van der Waals surface area (Å²) in [6, 6.07) is 7.99. The van der Waals surface area contributed by atoms with E-state index in [0.717, 1.165) is 23.9 Å². The normalized spacial score (nSPS) is 20.1. The fraction of sp³-hybridized carbons (Fsp3) is 0.460. The first-order valence-electron chi connectivity index (χ1n) is 24.6. The lowest BCUT2D eigenvalue weighted by molar-refractivity contribution is -0.142. The van der Waals surface area contributed by atoms with E-state index in [1.807, 2.05) is 38.1 Å². The van der Waals surface area contributed by atoms with E-state index in [-0.39, 0.29) is 57.5 Å². The van der Waals surface area contributed by atoms with Crippen molar-refractivity contribution in [3.05, 3.63) is 90.1 Å². The number of aromatic amines is 2. The number of fused-ring (bicyclic) bond motifs is 1. The van der Waals surface area contributed by atoms with Gasteiger partial charge in [-0.25, -0.2) is 9.78 Å². The Kier molecular flexibility index (Phi) is 24.0. The number of hydrogen-bond donors (Lipinski definition) is 13. The van der Waals surface area contributed by atoms with Crippen LogP contribution in [0.5, 0.6) is 0 Å². The molecule has 0 spiro atoms. The van der Waals surface area contributed by atoms with Crippen LogP contribution >= 0.6 is 0 Å². The lowest BCUT2D eigenvalue weighted by atomic mass is 10.0. The minimum absolute atomic E-state index is 0.0281. The monoisotopic (exact) mass is 1030 g/mol. The Balaban J connectivity index is 0.00000158. The van der Waals surface area contributed by atoms with E-state index < -0.39 is 102 Å². The number of hydrogen-bond acceptors (Lipinski definition) is 11. The van der Waals surface area contributed by atoms with Crippen LogP contribution in [0.25, 0.3) is 10.9 Å². The Labute approximate surface area is 428 Å². The van der Waals surface area contributed by atoms with Gasteiger partial charge in [-0.2, -0.15) is 0 Å². The molecule has 0 radical (unpaired) electrons. The Morgan fingerprint density at radius 1 is 0.784 bits per heavy atom. The summed E-state index contributed by atoms with van der Waals surface area (Å²) in [5, 5.41) is 31.7. The summed E-state index contributed by atoms with van der Waals surface area (Å²) in [4.78, 5) is 135. The molecule has 8 amide bonds. The summed E-state index contributed by atoms with van der Waals surface area (Å²) < 4.78 is 0. The SMILES string of the molecule is CCCC[C@H](NC(C)=O)C(=O)NC1CC(=O)NCCCCC(C(=O)O)NC(=O)[C@H](Cc2c[nH]c3ccccc23)NC(=O)CNC(=O)C(Cc2ccccc2)NC(=O)[C@H](Cc2cnc[nH]2)NC1=O.CCCN=C(N)N. The van der Waals surface area contributed by atoms with Gasteiger partial charge in [0.05, 0.1) is 19.3 Å². The van der Waals surface area contributed by atoms with E-state index in [2.05, 4.69) is 62.5 Å². The summed E-state index contributed by atoms with van der Waals surface area (Å²) in [5.74, 6) is -7.17. The summed E-state index contributed by atoms with van der Waals surface area (Å²) in [7, 11) is 0. The number of carbonyl (C=O) groups excluding carboxylic acids is 8. The van der Waals surface area contributed by atoms with Crippen molar-refractivity contribution in [2.75, 3.05) is 19.6 Å². The Morgan fingerprint density at radius 2 is 1.47 bits per heavy atom. The summed E-state index contributed by atoms with van der Waals surface area (Å²) >= 11 is 0. The number of H-pyrrole nitrogens is 2.